The lowest BCUT2D eigenvalue weighted by molar-refractivity contribution is -0.121. The van der Waals surface area contributed by atoms with Gasteiger partial charge in [0.1, 0.15) is 5.75 Å². The molecule has 0 bridgehead atoms. The minimum atomic E-state index is 0.125. The maximum absolute atomic E-state index is 11.8. The fourth-order valence-electron chi connectivity index (χ4n) is 2.36. The summed E-state index contributed by atoms with van der Waals surface area (Å²) in [5.41, 5.74) is 1.12. The summed E-state index contributed by atoms with van der Waals surface area (Å²) in [5, 5.41) is 6.33. The van der Waals surface area contributed by atoms with Gasteiger partial charge in [-0.2, -0.15) is 11.8 Å². The van der Waals surface area contributed by atoms with Crippen molar-refractivity contribution < 1.29 is 14.3 Å². The lowest BCUT2D eigenvalue weighted by atomic mass is 10.2. The van der Waals surface area contributed by atoms with Crippen LogP contribution in [0.4, 0.5) is 0 Å². The summed E-state index contributed by atoms with van der Waals surface area (Å²) in [6.45, 7) is 2.90. The molecule has 0 saturated carbocycles. The van der Waals surface area contributed by atoms with Crippen LogP contribution in [0.3, 0.4) is 0 Å². The predicted octanol–water partition coefficient (Wildman–Crippen LogP) is 1.81. The van der Waals surface area contributed by atoms with Gasteiger partial charge in [-0.25, -0.2) is 0 Å². The summed E-state index contributed by atoms with van der Waals surface area (Å²) in [4.78, 5) is 11.8. The molecule has 1 aliphatic rings. The summed E-state index contributed by atoms with van der Waals surface area (Å²) in [7, 11) is 1.66. The zero-order chi connectivity index (χ0) is 16.3. The van der Waals surface area contributed by atoms with Gasteiger partial charge in [0, 0.05) is 43.7 Å². The SMILES string of the molecule is COc1ccc(COCCCNC(=O)CC2CSCCN2)cc1. The molecule has 1 aromatic carbocycles. The highest BCUT2D eigenvalue weighted by Crippen LogP contribution is 2.12. The average Bonchev–Trinajstić information content (AvgIpc) is 2.59. The number of hydrogen-bond acceptors (Lipinski definition) is 5. The van der Waals surface area contributed by atoms with Crippen molar-refractivity contribution in [2.45, 2.75) is 25.5 Å². The maximum Gasteiger partial charge on any atom is 0.221 e. The molecular formula is C17H26N2O3S. The second kappa shape index (κ2) is 10.5. The van der Waals surface area contributed by atoms with E-state index in [0.717, 1.165) is 35.8 Å². The van der Waals surface area contributed by atoms with Gasteiger partial charge < -0.3 is 20.1 Å². The molecule has 2 rings (SSSR count). The number of carbonyl (C=O) groups excluding carboxylic acids is 1. The first-order valence-corrected chi connectivity index (χ1v) is 9.22. The van der Waals surface area contributed by atoms with E-state index in [1.165, 1.54) is 0 Å². The van der Waals surface area contributed by atoms with Gasteiger partial charge in [0.25, 0.3) is 0 Å². The van der Waals surface area contributed by atoms with Gasteiger partial charge in [-0.15, -0.1) is 0 Å². The standard InChI is InChI=1S/C17H26N2O3S/c1-21-16-5-3-14(4-6-16)12-22-9-2-7-19-17(20)11-15-13-23-10-8-18-15/h3-6,15,18H,2,7-13H2,1H3,(H,19,20). The molecule has 6 heteroatoms. The molecule has 1 atom stereocenters. The van der Waals surface area contributed by atoms with Crippen LogP contribution >= 0.6 is 11.8 Å². The molecule has 0 aromatic heterocycles. The van der Waals surface area contributed by atoms with E-state index in [4.69, 9.17) is 9.47 Å². The molecule has 128 valence electrons. The van der Waals surface area contributed by atoms with Crippen molar-refractivity contribution in [3.05, 3.63) is 29.8 Å². The van der Waals surface area contributed by atoms with E-state index in [2.05, 4.69) is 10.6 Å². The Morgan fingerprint density at radius 3 is 2.91 bits per heavy atom. The van der Waals surface area contributed by atoms with Gasteiger partial charge >= 0.3 is 0 Å². The van der Waals surface area contributed by atoms with Gasteiger partial charge in [0.2, 0.25) is 5.91 Å². The van der Waals surface area contributed by atoms with Crippen LogP contribution in [-0.2, 0) is 16.1 Å². The Balaban J connectivity index is 1.49. The molecule has 23 heavy (non-hydrogen) atoms. The molecule has 1 aromatic rings. The van der Waals surface area contributed by atoms with Gasteiger partial charge in [0.05, 0.1) is 13.7 Å². The molecule has 2 N–H and O–H groups in total. The Hall–Kier alpha value is -1.24. The zero-order valence-corrected chi connectivity index (χ0v) is 14.5. The molecule has 0 radical (unpaired) electrons. The van der Waals surface area contributed by atoms with Crippen LogP contribution in [0.2, 0.25) is 0 Å². The number of methoxy groups -OCH3 is 1. The molecule has 1 heterocycles. The average molecular weight is 338 g/mol. The molecule has 1 aliphatic heterocycles. The van der Waals surface area contributed by atoms with Crippen LogP contribution in [0.15, 0.2) is 24.3 Å². The van der Waals surface area contributed by atoms with Crippen molar-refractivity contribution in [1.82, 2.24) is 10.6 Å². The quantitative estimate of drug-likeness (QED) is 0.673. The highest BCUT2D eigenvalue weighted by atomic mass is 32.2. The Labute approximate surface area is 142 Å². The van der Waals surface area contributed by atoms with Gasteiger partial charge in [-0.05, 0) is 24.1 Å². The number of ether oxygens (including phenoxy) is 2. The van der Waals surface area contributed by atoms with Crippen LogP contribution < -0.4 is 15.4 Å². The molecule has 1 amide bonds. The van der Waals surface area contributed by atoms with Crippen LogP contribution in [-0.4, -0.2) is 50.3 Å². The van der Waals surface area contributed by atoms with Crippen LogP contribution in [0.25, 0.3) is 0 Å². The fraction of sp³-hybridized carbons (Fsp3) is 0.588. The first kappa shape index (κ1) is 18.1. The topological polar surface area (TPSA) is 59.6 Å². The summed E-state index contributed by atoms with van der Waals surface area (Å²) in [5.74, 6) is 3.14. The number of hydrogen-bond donors (Lipinski definition) is 2. The Bertz CT molecular complexity index is 461. The van der Waals surface area contributed by atoms with E-state index in [1.807, 2.05) is 36.0 Å². The van der Waals surface area contributed by atoms with E-state index < -0.39 is 0 Å². The van der Waals surface area contributed by atoms with Gasteiger partial charge in [-0.1, -0.05) is 12.1 Å². The molecular weight excluding hydrogens is 312 g/mol. The van der Waals surface area contributed by atoms with Crippen LogP contribution in [0.5, 0.6) is 5.75 Å². The van der Waals surface area contributed by atoms with Crippen molar-refractivity contribution in [2.24, 2.45) is 0 Å². The van der Waals surface area contributed by atoms with Crippen molar-refractivity contribution in [3.63, 3.8) is 0 Å². The highest BCUT2D eigenvalue weighted by Gasteiger charge is 2.16. The Kier molecular flexibility index (Phi) is 8.28. The predicted molar refractivity (Wildman–Crippen MR) is 94.0 cm³/mol. The second-order valence-electron chi connectivity index (χ2n) is 5.53. The van der Waals surface area contributed by atoms with Crippen LogP contribution in [0, 0.1) is 0 Å². The smallest absolute Gasteiger partial charge is 0.221 e. The lowest BCUT2D eigenvalue weighted by Crippen LogP contribution is -2.41. The van der Waals surface area contributed by atoms with Gasteiger partial charge in [0.15, 0.2) is 0 Å². The minimum Gasteiger partial charge on any atom is -0.497 e. The maximum atomic E-state index is 11.8. The first-order valence-electron chi connectivity index (χ1n) is 8.06. The summed E-state index contributed by atoms with van der Waals surface area (Å²) in [6.07, 6.45) is 1.40. The van der Waals surface area contributed by atoms with E-state index in [-0.39, 0.29) is 5.91 Å². The fourth-order valence-corrected chi connectivity index (χ4v) is 3.31. The molecule has 1 fully saturated rings. The normalized spacial score (nSPS) is 17.7. The highest BCUT2D eigenvalue weighted by molar-refractivity contribution is 7.99. The van der Waals surface area contributed by atoms with Crippen molar-refractivity contribution in [2.75, 3.05) is 38.3 Å². The molecule has 1 saturated heterocycles. The number of thioether (sulfide) groups is 1. The number of benzene rings is 1. The van der Waals surface area contributed by atoms with Crippen LogP contribution in [0.1, 0.15) is 18.4 Å². The van der Waals surface area contributed by atoms with Gasteiger partial charge in [-0.3, -0.25) is 4.79 Å². The third-order valence-electron chi connectivity index (χ3n) is 3.65. The molecule has 0 spiro atoms. The molecule has 5 nitrogen and oxygen atoms in total. The zero-order valence-electron chi connectivity index (χ0n) is 13.7. The Morgan fingerprint density at radius 1 is 1.39 bits per heavy atom. The summed E-state index contributed by atoms with van der Waals surface area (Å²) in [6, 6.07) is 8.17. The number of carbonyl (C=O) groups is 1. The molecule has 0 aliphatic carbocycles. The van der Waals surface area contributed by atoms with Crippen molar-refractivity contribution in [1.29, 1.82) is 0 Å². The van der Waals surface area contributed by atoms with Crippen molar-refractivity contribution in [3.8, 4) is 5.75 Å². The first-order chi connectivity index (χ1) is 11.3. The summed E-state index contributed by atoms with van der Waals surface area (Å²) < 4.78 is 10.7. The lowest BCUT2D eigenvalue weighted by Gasteiger charge is -2.22. The number of rotatable bonds is 9. The van der Waals surface area contributed by atoms with Crippen molar-refractivity contribution >= 4 is 17.7 Å². The largest absolute Gasteiger partial charge is 0.497 e. The van der Waals surface area contributed by atoms with E-state index in [9.17, 15) is 4.79 Å². The monoisotopic (exact) mass is 338 g/mol. The second-order valence-corrected chi connectivity index (χ2v) is 6.68. The summed E-state index contributed by atoms with van der Waals surface area (Å²) >= 11 is 1.91. The third kappa shape index (κ3) is 7.24. The Morgan fingerprint density at radius 2 is 2.22 bits per heavy atom. The van der Waals surface area contributed by atoms with E-state index >= 15 is 0 Å². The van der Waals surface area contributed by atoms with E-state index in [0.29, 0.717) is 32.2 Å². The minimum absolute atomic E-state index is 0.125. The molecule has 1 unspecified atom stereocenters. The number of nitrogens with one attached hydrogen (secondary N) is 2. The third-order valence-corrected chi connectivity index (χ3v) is 4.78. The van der Waals surface area contributed by atoms with E-state index in [1.54, 1.807) is 7.11 Å². The number of amides is 1.